The van der Waals surface area contributed by atoms with Crippen LogP contribution < -0.4 is 5.56 Å². The maximum absolute atomic E-state index is 12.9. The number of pyridine rings is 1. The van der Waals surface area contributed by atoms with Gasteiger partial charge < -0.3 is 4.90 Å². The number of carbonyl (C=O) groups excluding carboxylic acids is 1. The molecule has 1 fully saturated rings. The third-order valence-electron chi connectivity index (χ3n) is 4.58. The summed E-state index contributed by atoms with van der Waals surface area (Å²) >= 11 is 0. The van der Waals surface area contributed by atoms with Crippen LogP contribution in [-0.4, -0.2) is 32.8 Å². The summed E-state index contributed by atoms with van der Waals surface area (Å²) in [4.78, 5) is 31.8. The van der Waals surface area contributed by atoms with Gasteiger partial charge in [-0.05, 0) is 49.3 Å². The highest BCUT2D eigenvalue weighted by Gasteiger charge is 2.33. The Morgan fingerprint density at radius 3 is 2.83 bits per heavy atom. The topological polar surface area (TPSA) is 54.7 Å². The van der Waals surface area contributed by atoms with Crippen LogP contribution in [0, 0.1) is 12.3 Å². The zero-order chi connectivity index (χ0) is 17.5. The molecule has 0 N–H and O–H groups in total. The number of nitrogens with zero attached hydrogens (tertiary/aromatic N) is 3. The number of carbonyl (C=O) groups is 1. The Hall–Kier alpha value is -2.17. The van der Waals surface area contributed by atoms with Crippen LogP contribution in [0.4, 0.5) is 0 Å². The minimum atomic E-state index is -0.286. The van der Waals surface area contributed by atoms with E-state index in [-0.39, 0.29) is 28.5 Å². The first-order chi connectivity index (χ1) is 11.3. The van der Waals surface area contributed by atoms with E-state index in [1.54, 1.807) is 6.20 Å². The molecule has 128 valence electrons. The maximum Gasteiger partial charge on any atom is 0.270 e. The molecule has 3 heterocycles. The minimum absolute atomic E-state index is 0.155. The van der Waals surface area contributed by atoms with E-state index in [9.17, 15) is 9.59 Å². The summed E-state index contributed by atoms with van der Waals surface area (Å²) in [5, 5.41) is 0. The number of fused-ring (bicyclic) bond motifs is 1. The molecule has 3 rings (SSSR count). The lowest BCUT2D eigenvalue weighted by Crippen LogP contribution is -2.40. The number of amides is 1. The van der Waals surface area contributed by atoms with E-state index in [4.69, 9.17) is 0 Å². The van der Waals surface area contributed by atoms with Crippen molar-refractivity contribution < 1.29 is 4.79 Å². The highest BCUT2D eigenvalue weighted by molar-refractivity contribution is 5.94. The van der Waals surface area contributed by atoms with Gasteiger partial charge in [0.05, 0.1) is 0 Å². The molecule has 0 aliphatic carbocycles. The minimum Gasteiger partial charge on any atom is -0.335 e. The lowest BCUT2D eigenvalue weighted by Gasteiger charge is -2.30. The predicted molar refractivity (Wildman–Crippen MR) is 94.3 cm³/mol. The Balaban J connectivity index is 1.95. The van der Waals surface area contributed by atoms with Gasteiger partial charge in [0.25, 0.3) is 11.5 Å². The van der Waals surface area contributed by atoms with Gasteiger partial charge in [-0.1, -0.05) is 20.8 Å². The fraction of sp³-hybridized carbons (Fsp3) is 0.526. The number of likely N-dealkylation sites (tertiary alicyclic amines) is 1. The Labute approximate surface area is 142 Å². The van der Waals surface area contributed by atoms with Crippen LogP contribution >= 0.6 is 0 Å². The molecule has 0 bridgehead atoms. The third kappa shape index (κ3) is 3.21. The summed E-state index contributed by atoms with van der Waals surface area (Å²) in [6.07, 6.45) is 6.07. The third-order valence-corrected chi connectivity index (χ3v) is 4.58. The van der Waals surface area contributed by atoms with Crippen LogP contribution in [0.1, 0.15) is 56.0 Å². The average molecular weight is 327 g/mol. The number of hydrogen-bond donors (Lipinski definition) is 0. The van der Waals surface area contributed by atoms with Crippen molar-refractivity contribution in [3.05, 3.63) is 46.0 Å². The second-order valence-corrected chi connectivity index (χ2v) is 7.97. The Morgan fingerprint density at radius 2 is 2.12 bits per heavy atom. The van der Waals surface area contributed by atoms with Gasteiger partial charge in [0.2, 0.25) is 0 Å². The molecular weight excluding hydrogens is 302 g/mol. The van der Waals surface area contributed by atoms with Crippen LogP contribution in [-0.2, 0) is 0 Å². The van der Waals surface area contributed by atoms with Crippen LogP contribution in [0.2, 0.25) is 0 Å². The lowest BCUT2D eigenvalue weighted by molar-refractivity contribution is 0.0702. The molecule has 0 saturated carbocycles. The van der Waals surface area contributed by atoms with Crippen molar-refractivity contribution >= 4 is 11.6 Å². The first kappa shape index (κ1) is 16.7. The van der Waals surface area contributed by atoms with E-state index in [1.165, 1.54) is 10.6 Å². The summed E-state index contributed by atoms with van der Waals surface area (Å²) in [5.41, 5.74) is 1.64. The maximum atomic E-state index is 12.9. The lowest BCUT2D eigenvalue weighted by atomic mass is 9.87. The van der Waals surface area contributed by atoms with Crippen molar-refractivity contribution in [2.24, 2.45) is 5.41 Å². The number of aryl methyl sites for hydroxylation is 1. The molecular formula is C19H25N3O2. The van der Waals surface area contributed by atoms with Crippen LogP contribution in [0.15, 0.2) is 29.3 Å². The molecule has 0 unspecified atom stereocenters. The molecule has 0 aromatic carbocycles. The smallest absolute Gasteiger partial charge is 0.270 e. The molecule has 0 radical (unpaired) electrons. The molecule has 2 aromatic heterocycles. The Bertz CT molecular complexity index is 833. The van der Waals surface area contributed by atoms with E-state index in [2.05, 4.69) is 25.8 Å². The molecule has 1 aliphatic heterocycles. The van der Waals surface area contributed by atoms with Gasteiger partial charge in [0.1, 0.15) is 11.2 Å². The van der Waals surface area contributed by atoms with Gasteiger partial charge in [0.15, 0.2) is 0 Å². The van der Waals surface area contributed by atoms with Crippen molar-refractivity contribution in [1.82, 2.24) is 14.3 Å². The Kier molecular flexibility index (Phi) is 4.20. The summed E-state index contributed by atoms with van der Waals surface area (Å²) in [6.45, 7) is 9.22. The van der Waals surface area contributed by atoms with E-state index in [0.717, 1.165) is 31.4 Å². The van der Waals surface area contributed by atoms with Crippen molar-refractivity contribution in [2.45, 2.75) is 53.0 Å². The molecule has 1 atom stereocenters. The average Bonchev–Trinajstić information content (AvgIpc) is 2.92. The molecule has 24 heavy (non-hydrogen) atoms. The van der Waals surface area contributed by atoms with E-state index in [1.807, 2.05) is 24.0 Å². The highest BCUT2D eigenvalue weighted by Crippen LogP contribution is 2.30. The quantitative estimate of drug-likeness (QED) is 0.852. The SMILES string of the molecule is Cc1ccn2c(=O)c(C(=O)N3CCC[C@@H]3CC(C)(C)C)cnc2c1. The molecule has 0 spiro atoms. The van der Waals surface area contributed by atoms with Crippen LogP contribution in [0.3, 0.4) is 0 Å². The van der Waals surface area contributed by atoms with E-state index >= 15 is 0 Å². The van der Waals surface area contributed by atoms with Crippen molar-refractivity contribution in [3.63, 3.8) is 0 Å². The van der Waals surface area contributed by atoms with Crippen LogP contribution in [0.25, 0.3) is 5.65 Å². The van der Waals surface area contributed by atoms with Gasteiger partial charge in [-0.2, -0.15) is 0 Å². The van der Waals surface area contributed by atoms with Gasteiger partial charge in [-0.15, -0.1) is 0 Å². The highest BCUT2D eigenvalue weighted by atomic mass is 16.2. The largest absolute Gasteiger partial charge is 0.335 e. The molecule has 2 aromatic rings. The number of rotatable bonds is 2. The fourth-order valence-electron chi connectivity index (χ4n) is 3.50. The first-order valence-electron chi connectivity index (χ1n) is 8.55. The monoisotopic (exact) mass is 327 g/mol. The standard InChI is InChI=1S/C19H25N3O2/c1-13-7-9-22-16(10-13)20-12-15(18(22)24)17(23)21-8-5-6-14(21)11-19(2,3)4/h7,9-10,12,14H,5-6,8,11H2,1-4H3/t14-/m1/s1. The second-order valence-electron chi connectivity index (χ2n) is 7.97. The fourth-order valence-corrected chi connectivity index (χ4v) is 3.50. The number of hydrogen-bond acceptors (Lipinski definition) is 3. The predicted octanol–water partition coefficient (Wildman–Crippen LogP) is 3.04. The van der Waals surface area contributed by atoms with Crippen molar-refractivity contribution in [2.75, 3.05) is 6.54 Å². The first-order valence-corrected chi connectivity index (χ1v) is 8.55. The van der Waals surface area contributed by atoms with Crippen molar-refractivity contribution in [1.29, 1.82) is 0 Å². The Morgan fingerprint density at radius 1 is 1.38 bits per heavy atom. The molecule has 1 saturated heterocycles. The number of aromatic nitrogens is 2. The van der Waals surface area contributed by atoms with Gasteiger partial charge in [-0.25, -0.2) is 4.98 Å². The molecule has 5 heteroatoms. The summed E-state index contributed by atoms with van der Waals surface area (Å²) < 4.78 is 1.45. The summed E-state index contributed by atoms with van der Waals surface area (Å²) in [7, 11) is 0. The van der Waals surface area contributed by atoms with E-state index < -0.39 is 0 Å². The molecule has 1 amide bonds. The van der Waals surface area contributed by atoms with Gasteiger partial charge in [0, 0.05) is 25.0 Å². The molecule has 1 aliphatic rings. The summed E-state index contributed by atoms with van der Waals surface area (Å²) in [6, 6.07) is 3.90. The zero-order valence-corrected chi connectivity index (χ0v) is 14.9. The van der Waals surface area contributed by atoms with E-state index in [0.29, 0.717) is 5.65 Å². The zero-order valence-electron chi connectivity index (χ0n) is 14.9. The summed E-state index contributed by atoms with van der Waals surface area (Å²) in [5.74, 6) is -0.186. The van der Waals surface area contributed by atoms with Gasteiger partial charge in [-0.3, -0.25) is 14.0 Å². The second kappa shape index (κ2) is 6.04. The van der Waals surface area contributed by atoms with Crippen LogP contribution in [0.5, 0.6) is 0 Å². The molecule has 5 nitrogen and oxygen atoms in total. The van der Waals surface area contributed by atoms with Crippen molar-refractivity contribution in [3.8, 4) is 0 Å². The van der Waals surface area contributed by atoms with Gasteiger partial charge >= 0.3 is 0 Å². The normalized spacial score (nSPS) is 18.3.